The molecule has 0 saturated carbocycles. The molecule has 1 saturated heterocycles. The van der Waals surface area contributed by atoms with Gasteiger partial charge in [0.1, 0.15) is 26.2 Å². The van der Waals surface area contributed by atoms with E-state index in [1.165, 1.54) is 14.2 Å². The van der Waals surface area contributed by atoms with Crippen molar-refractivity contribution in [3.8, 4) is 0 Å². The van der Waals surface area contributed by atoms with E-state index in [0.717, 1.165) is 6.66 Å². The van der Waals surface area contributed by atoms with Gasteiger partial charge < -0.3 is 19.1 Å². The Morgan fingerprint density at radius 3 is 2.50 bits per heavy atom. The Morgan fingerprint density at radius 1 is 1.44 bits per heavy atom. The molecule has 2 radical (unpaired) electrons. The first-order valence-corrected chi connectivity index (χ1v) is 6.83. The number of methoxy groups -OCH3 is 2. The van der Waals surface area contributed by atoms with Crippen molar-refractivity contribution in [2.75, 3.05) is 27.5 Å². The van der Waals surface area contributed by atoms with Crippen LogP contribution in [0.15, 0.2) is 0 Å². The lowest BCUT2D eigenvalue weighted by molar-refractivity contribution is -0.0165. The molecule has 1 fully saturated rings. The van der Waals surface area contributed by atoms with Crippen molar-refractivity contribution in [1.29, 1.82) is 0 Å². The largest absolute Gasteiger partial charge is 0.382 e. The summed E-state index contributed by atoms with van der Waals surface area (Å²) >= 11 is 0. The van der Waals surface area contributed by atoms with Crippen molar-refractivity contribution in [3.63, 3.8) is 0 Å². The van der Waals surface area contributed by atoms with Gasteiger partial charge in [0.05, 0.1) is 6.61 Å². The fourth-order valence-electron chi connectivity index (χ4n) is 1.68. The summed E-state index contributed by atoms with van der Waals surface area (Å²) in [4.78, 5) is 9.20. The summed E-state index contributed by atoms with van der Waals surface area (Å²) in [5.74, 6) is 0. The van der Waals surface area contributed by atoms with Gasteiger partial charge in [-0.25, -0.2) is 0 Å². The lowest BCUT2D eigenvalue weighted by Gasteiger charge is -2.23. The first-order valence-electron chi connectivity index (χ1n) is 4.80. The Balaban J connectivity index is 2.75. The molecule has 0 aromatic carbocycles. The molecular weight excluding hydrogens is 234 g/mol. The molecule has 8 heteroatoms. The first-order chi connectivity index (χ1) is 7.39. The fraction of sp³-hybridized carbons (Fsp3) is 1.00. The van der Waals surface area contributed by atoms with Crippen LogP contribution < -0.4 is 0 Å². The maximum absolute atomic E-state index is 11.2. The molecule has 0 aromatic rings. The lowest BCUT2D eigenvalue weighted by atomic mass is 9.93. The summed E-state index contributed by atoms with van der Waals surface area (Å²) in [6, 6.07) is -0.693. The molecule has 1 heterocycles. The molecule has 6 nitrogen and oxygen atoms in total. The zero-order chi connectivity index (χ0) is 12.3. The van der Waals surface area contributed by atoms with E-state index in [0.29, 0.717) is 0 Å². The number of hydrogen-bond donors (Lipinski definition) is 1. The van der Waals surface area contributed by atoms with Gasteiger partial charge >= 0.3 is 7.60 Å². The normalized spacial score (nSPS) is 38.5. The second kappa shape index (κ2) is 5.62. The van der Waals surface area contributed by atoms with Crippen LogP contribution in [0.25, 0.3) is 0 Å². The number of rotatable bonds is 5. The van der Waals surface area contributed by atoms with Crippen LogP contribution >= 0.6 is 7.60 Å². The molecule has 0 bridgehead atoms. The minimum atomic E-state index is -3.62. The van der Waals surface area contributed by atoms with Crippen LogP contribution in [0.3, 0.4) is 0 Å². The third-order valence-corrected chi connectivity index (χ3v) is 2.90. The molecule has 0 amide bonds. The highest BCUT2D eigenvalue weighted by Crippen LogP contribution is 2.42. The van der Waals surface area contributed by atoms with E-state index in [1.54, 1.807) is 0 Å². The summed E-state index contributed by atoms with van der Waals surface area (Å²) in [7, 11) is 4.98. The maximum atomic E-state index is 11.2. The predicted octanol–water partition coefficient (Wildman–Crippen LogP) is -0.258. The van der Waals surface area contributed by atoms with Crippen molar-refractivity contribution >= 4 is 15.4 Å². The van der Waals surface area contributed by atoms with Crippen molar-refractivity contribution < 1.29 is 28.2 Å². The van der Waals surface area contributed by atoms with Gasteiger partial charge in [-0.15, -0.1) is 0 Å². The van der Waals surface area contributed by atoms with Gasteiger partial charge in [0.15, 0.2) is 0 Å². The third kappa shape index (κ3) is 3.55. The second-order valence-electron chi connectivity index (χ2n) is 3.67. The van der Waals surface area contributed by atoms with E-state index in [2.05, 4.69) is 0 Å². The van der Waals surface area contributed by atoms with Gasteiger partial charge in [0.25, 0.3) is 0 Å². The van der Waals surface area contributed by atoms with Crippen LogP contribution in [0.1, 0.15) is 0 Å². The van der Waals surface area contributed by atoms with Crippen LogP contribution in [-0.2, 0) is 23.3 Å². The molecule has 1 unspecified atom stereocenters. The minimum Gasteiger partial charge on any atom is -0.382 e. The van der Waals surface area contributed by atoms with Crippen LogP contribution in [0.5, 0.6) is 0 Å². The molecule has 16 heavy (non-hydrogen) atoms. The van der Waals surface area contributed by atoms with E-state index >= 15 is 0 Å². The Bertz CT molecular complexity index is 269. The molecule has 0 spiro atoms. The van der Waals surface area contributed by atoms with Crippen LogP contribution in [-0.4, -0.2) is 64.5 Å². The maximum Gasteiger partial charge on any atom is 0.325 e. The van der Waals surface area contributed by atoms with Crippen molar-refractivity contribution in [3.05, 3.63) is 0 Å². The second-order valence-corrected chi connectivity index (χ2v) is 5.48. The van der Waals surface area contributed by atoms with E-state index in [4.69, 9.17) is 26.6 Å². The molecule has 1 N–H and O–H groups in total. The van der Waals surface area contributed by atoms with Crippen molar-refractivity contribution in [1.82, 2.24) is 0 Å². The first kappa shape index (κ1) is 14.2. The molecule has 1 aliphatic heterocycles. The lowest BCUT2D eigenvalue weighted by Crippen LogP contribution is -2.37. The van der Waals surface area contributed by atoms with Gasteiger partial charge in [-0.3, -0.25) is 9.09 Å². The fourth-order valence-corrected chi connectivity index (χ4v) is 2.38. The van der Waals surface area contributed by atoms with Gasteiger partial charge in [0.2, 0.25) is 0 Å². The van der Waals surface area contributed by atoms with Crippen LogP contribution in [0.2, 0.25) is 0 Å². The standard InChI is InChI=1S/C8H16BO6P/c1-12-4-5-6(15-16(3,10)11)7(13-2)8(9)14-5/h5-8H,4H2,1-3H3,(H,10,11)/t5-,6-,7-,8-/m1/s1. The number of hydrogen-bond acceptors (Lipinski definition) is 5. The predicted molar refractivity (Wildman–Crippen MR) is 57.7 cm³/mol. The molecule has 1 rings (SSSR count). The van der Waals surface area contributed by atoms with E-state index in [-0.39, 0.29) is 6.61 Å². The van der Waals surface area contributed by atoms with Gasteiger partial charge in [-0.2, -0.15) is 0 Å². The molecular formula is C8H16BO6P. The highest BCUT2D eigenvalue weighted by atomic mass is 31.2. The molecule has 1 aliphatic rings. The average molecular weight is 250 g/mol. The Hall–Kier alpha value is 0.0949. The zero-order valence-corrected chi connectivity index (χ0v) is 10.4. The molecule has 0 aliphatic carbocycles. The van der Waals surface area contributed by atoms with Crippen molar-refractivity contribution in [2.24, 2.45) is 0 Å². The smallest absolute Gasteiger partial charge is 0.325 e. The van der Waals surface area contributed by atoms with Crippen LogP contribution in [0.4, 0.5) is 0 Å². The Kier molecular flexibility index (Phi) is 4.97. The monoisotopic (exact) mass is 250 g/mol. The topological polar surface area (TPSA) is 74.2 Å². The number of ether oxygens (including phenoxy) is 3. The van der Waals surface area contributed by atoms with E-state index < -0.39 is 31.9 Å². The highest BCUT2D eigenvalue weighted by molar-refractivity contribution is 7.51. The van der Waals surface area contributed by atoms with Gasteiger partial charge in [-0.05, 0) is 0 Å². The molecule has 5 atom stereocenters. The summed E-state index contributed by atoms with van der Waals surface area (Å²) in [6.45, 7) is 1.33. The Morgan fingerprint density at radius 2 is 2.06 bits per heavy atom. The van der Waals surface area contributed by atoms with E-state index in [9.17, 15) is 9.46 Å². The van der Waals surface area contributed by atoms with Gasteiger partial charge in [0, 0.05) is 26.9 Å². The molecule has 92 valence electrons. The summed E-state index contributed by atoms with van der Waals surface area (Å²) < 4.78 is 31.6. The quantitative estimate of drug-likeness (QED) is 0.535. The SMILES string of the molecule is [B][C@@H]1O[C@H](COC)[C@@H](OP(C)(=O)O)[C@H]1OC. The summed E-state index contributed by atoms with van der Waals surface area (Å²) in [5.41, 5.74) is 0. The van der Waals surface area contributed by atoms with E-state index in [1.807, 2.05) is 0 Å². The van der Waals surface area contributed by atoms with Crippen molar-refractivity contribution in [2.45, 2.75) is 24.3 Å². The minimum absolute atomic E-state index is 0.220. The molecule has 0 aromatic heterocycles. The average Bonchev–Trinajstić information content (AvgIpc) is 2.41. The Labute approximate surface area is 96.2 Å². The summed E-state index contributed by atoms with van der Waals surface area (Å²) in [5, 5.41) is 0. The van der Waals surface area contributed by atoms with Crippen LogP contribution in [0, 0.1) is 0 Å². The third-order valence-electron chi connectivity index (χ3n) is 2.27. The highest BCUT2D eigenvalue weighted by Gasteiger charge is 2.45. The summed E-state index contributed by atoms with van der Waals surface area (Å²) in [6.07, 6.45) is -1.80. The zero-order valence-electron chi connectivity index (χ0n) is 9.53. The van der Waals surface area contributed by atoms with Gasteiger partial charge in [-0.1, -0.05) is 0 Å².